The van der Waals surface area contributed by atoms with Gasteiger partial charge in [0, 0.05) is 12.3 Å². The molecule has 0 saturated carbocycles. The highest BCUT2D eigenvalue weighted by Gasteiger charge is 2.06. The minimum absolute atomic E-state index is 0.0844. The number of hydrazone groups is 1. The van der Waals surface area contributed by atoms with Crippen LogP contribution in [0.5, 0.6) is 0 Å². The van der Waals surface area contributed by atoms with Crippen LogP contribution in [0.25, 0.3) is 11.1 Å². The van der Waals surface area contributed by atoms with Gasteiger partial charge >= 0.3 is 0 Å². The zero-order valence-corrected chi connectivity index (χ0v) is 15.3. The van der Waals surface area contributed by atoms with Gasteiger partial charge in [-0.2, -0.15) is 5.10 Å². The molecule has 0 bridgehead atoms. The molecule has 0 aliphatic heterocycles. The second-order valence-electron chi connectivity index (χ2n) is 6.15. The van der Waals surface area contributed by atoms with E-state index >= 15 is 0 Å². The van der Waals surface area contributed by atoms with Gasteiger partial charge in [-0.15, -0.1) is 0 Å². The highest BCUT2D eigenvalue weighted by atomic mass is 16.2. The first-order chi connectivity index (χ1) is 12.6. The van der Waals surface area contributed by atoms with E-state index in [0.29, 0.717) is 12.3 Å². The van der Waals surface area contributed by atoms with Crippen LogP contribution in [0.3, 0.4) is 0 Å². The molecule has 136 valence electrons. The van der Waals surface area contributed by atoms with E-state index in [1.54, 1.807) is 6.92 Å². The summed E-state index contributed by atoms with van der Waals surface area (Å²) in [4.78, 5) is 23.6. The summed E-state index contributed by atoms with van der Waals surface area (Å²) in [5, 5.41) is 6.77. The van der Waals surface area contributed by atoms with Gasteiger partial charge in [-0.05, 0) is 30.0 Å². The fraction of sp³-hybridized carbons (Fsp3) is 0.286. The smallest absolute Gasteiger partial charge is 0.244 e. The van der Waals surface area contributed by atoms with Crippen molar-refractivity contribution in [3.8, 4) is 11.1 Å². The summed E-state index contributed by atoms with van der Waals surface area (Å²) >= 11 is 0. The summed E-state index contributed by atoms with van der Waals surface area (Å²) in [6.07, 6.45) is 1.32. The summed E-state index contributed by atoms with van der Waals surface area (Å²) in [5.74, 6) is -0.287. The van der Waals surface area contributed by atoms with Crippen molar-refractivity contribution in [3.05, 3.63) is 60.2 Å². The van der Waals surface area contributed by atoms with Crippen LogP contribution < -0.4 is 10.7 Å². The van der Waals surface area contributed by atoms with Crippen LogP contribution in [0.15, 0.2) is 59.7 Å². The van der Waals surface area contributed by atoms with Gasteiger partial charge in [0.1, 0.15) is 0 Å². The van der Waals surface area contributed by atoms with E-state index in [1.807, 2.05) is 49.4 Å². The lowest BCUT2D eigenvalue weighted by atomic mass is 10.0. The second kappa shape index (κ2) is 10.1. The molecule has 0 radical (unpaired) electrons. The third kappa shape index (κ3) is 6.51. The van der Waals surface area contributed by atoms with E-state index < -0.39 is 0 Å². The number of nitrogens with zero attached hydrogens (tertiary/aromatic N) is 1. The molecule has 0 aliphatic carbocycles. The Morgan fingerprint density at radius 1 is 0.923 bits per heavy atom. The Balaban J connectivity index is 1.84. The van der Waals surface area contributed by atoms with Crippen LogP contribution in [-0.4, -0.2) is 24.1 Å². The monoisotopic (exact) mass is 351 g/mol. The Morgan fingerprint density at radius 2 is 1.58 bits per heavy atom. The molecular weight excluding hydrogens is 326 g/mol. The van der Waals surface area contributed by atoms with Crippen molar-refractivity contribution in [3.63, 3.8) is 0 Å². The predicted molar refractivity (Wildman–Crippen MR) is 105 cm³/mol. The van der Waals surface area contributed by atoms with Crippen molar-refractivity contribution >= 4 is 17.5 Å². The van der Waals surface area contributed by atoms with Gasteiger partial charge in [0.2, 0.25) is 11.8 Å². The van der Waals surface area contributed by atoms with Gasteiger partial charge in [0.25, 0.3) is 0 Å². The molecule has 0 aliphatic rings. The minimum atomic E-state index is -0.203. The van der Waals surface area contributed by atoms with Crippen LogP contribution in [-0.2, 0) is 16.0 Å². The molecule has 2 aromatic carbocycles. The average Bonchev–Trinajstić information content (AvgIpc) is 2.66. The first-order valence-electron chi connectivity index (χ1n) is 8.81. The van der Waals surface area contributed by atoms with Crippen LogP contribution >= 0.6 is 0 Å². The van der Waals surface area contributed by atoms with Crippen molar-refractivity contribution in [1.82, 2.24) is 10.7 Å². The van der Waals surface area contributed by atoms with E-state index in [2.05, 4.69) is 28.0 Å². The number of nitrogens with one attached hydrogen (secondary N) is 2. The normalized spacial score (nSPS) is 11.1. The Labute approximate surface area is 154 Å². The molecule has 0 heterocycles. The molecule has 5 heteroatoms. The summed E-state index contributed by atoms with van der Waals surface area (Å²) in [6, 6.07) is 18.0. The van der Waals surface area contributed by atoms with Crippen molar-refractivity contribution in [2.45, 2.75) is 33.1 Å². The molecule has 0 unspecified atom stereocenters. The standard InChI is InChI=1S/C21H25N3O2/c1-3-13-22-20(25)14-16(2)23-24-21(26)15-17-9-11-19(12-10-17)18-7-5-4-6-8-18/h4-12H,3,13-15H2,1-2H3,(H,22,25)(H,24,26)/b23-16+. The van der Waals surface area contributed by atoms with Crippen LogP contribution in [0.2, 0.25) is 0 Å². The minimum Gasteiger partial charge on any atom is -0.356 e. The molecule has 0 atom stereocenters. The maximum absolute atomic E-state index is 12.0. The Kier molecular flexibility index (Phi) is 7.55. The first kappa shape index (κ1) is 19.4. The highest BCUT2D eigenvalue weighted by molar-refractivity contribution is 6.00. The number of carbonyl (C=O) groups excluding carboxylic acids is 2. The lowest BCUT2D eigenvalue weighted by Gasteiger charge is -2.05. The molecular formula is C21H25N3O2. The van der Waals surface area contributed by atoms with Crippen LogP contribution in [0.4, 0.5) is 0 Å². The fourth-order valence-electron chi connectivity index (χ4n) is 2.43. The number of rotatable bonds is 8. The number of carbonyl (C=O) groups is 2. The molecule has 2 aromatic rings. The average molecular weight is 351 g/mol. The molecule has 5 nitrogen and oxygen atoms in total. The zero-order valence-electron chi connectivity index (χ0n) is 15.3. The van der Waals surface area contributed by atoms with Crippen molar-refractivity contribution in [1.29, 1.82) is 0 Å². The van der Waals surface area contributed by atoms with Crippen molar-refractivity contribution in [2.24, 2.45) is 5.10 Å². The second-order valence-corrected chi connectivity index (χ2v) is 6.15. The zero-order chi connectivity index (χ0) is 18.8. The van der Waals surface area contributed by atoms with Gasteiger partial charge in [-0.3, -0.25) is 9.59 Å². The maximum Gasteiger partial charge on any atom is 0.244 e. The summed E-state index contributed by atoms with van der Waals surface area (Å²) < 4.78 is 0. The molecule has 0 spiro atoms. The Hall–Kier alpha value is -2.95. The van der Waals surface area contributed by atoms with E-state index in [-0.39, 0.29) is 24.7 Å². The first-order valence-corrected chi connectivity index (χ1v) is 8.81. The van der Waals surface area contributed by atoms with E-state index in [9.17, 15) is 9.59 Å². The highest BCUT2D eigenvalue weighted by Crippen LogP contribution is 2.19. The molecule has 2 rings (SSSR count). The van der Waals surface area contributed by atoms with Gasteiger partial charge in [0.15, 0.2) is 0 Å². The third-order valence-electron chi connectivity index (χ3n) is 3.79. The molecule has 26 heavy (non-hydrogen) atoms. The number of amides is 2. The molecule has 2 N–H and O–H groups in total. The maximum atomic E-state index is 12.0. The fourth-order valence-corrected chi connectivity index (χ4v) is 2.43. The summed E-state index contributed by atoms with van der Waals surface area (Å²) in [5.41, 5.74) is 6.25. The number of hydrogen-bond donors (Lipinski definition) is 2. The molecule has 0 aromatic heterocycles. The van der Waals surface area contributed by atoms with Crippen LogP contribution in [0.1, 0.15) is 32.3 Å². The lowest BCUT2D eigenvalue weighted by Crippen LogP contribution is -2.27. The SMILES string of the molecule is CCCNC(=O)C/C(C)=N/NC(=O)Cc1ccc(-c2ccccc2)cc1. The van der Waals surface area contributed by atoms with E-state index in [4.69, 9.17) is 0 Å². The van der Waals surface area contributed by atoms with E-state index in [0.717, 1.165) is 23.1 Å². The van der Waals surface area contributed by atoms with Crippen molar-refractivity contribution < 1.29 is 9.59 Å². The van der Waals surface area contributed by atoms with Crippen molar-refractivity contribution in [2.75, 3.05) is 6.54 Å². The van der Waals surface area contributed by atoms with E-state index in [1.165, 1.54) is 0 Å². The van der Waals surface area contributed by atoms with Gasteiger partial charge < -0.3 is 5.32 Å². The van der Waals surface area contributed by atoms with Crippen LogP contribution in [0, 0.1) is 0 Å². The lowest BCUT2D eigenvalue weighted by molar-refractivity contribution is -0.121. The Morgan fingerprint density at radius 3 is 2.23 bits per heavy atom. The predicted octanol–water partition coefficient (Wildman–Crippen LogP) is 3.30. The largest absolute Gasteiger partial charge is 0.356 e. The third-order valence-corrected chi connectivity index (χ3v) is 3.79. The quantitative estimate of drug-likeness (QED) is 0.566. The van der Waals surface area contributed by atoms with Gasteiger partial charge in [-0.25, -0.2) is 5.43 Å². The van der Waals surface area contributed by atoms with Gasteiger partial charge in [0.05, 0.1) is 12.8 Å². The molecule has 0 saturated heterocycles. The van der Waals surface area contributed by atoms with Gasteiger partial charge in [-0.1, -0.05) is 61.5 Å². The Bertz CT molecular complexity index is 753. The molecule has 0 fully saturated rings. The summed E-state index contributed by atoms with van der Waals surface area (Å²) in [7, 11) is 0. The number of benzene rings is 2. The topological polar surface area (TPSA) is 70.6 Å². The number of hydrogen-bond acceptors (Lipinski definition) is 3. The molecule has 2 amide bonds. The summed E-state index contributed by atoms with van der Waals surface area (Å²) in [6.45, 7) is 4.37.